The van der Waals surface area contributed by atoms with Crippen LogP contribution in [0.4, 0.5) is 37.7 Å². The molecule has 3 aromatic heterocycles. The molecule has 0 spiro atoms. The van der Waals surface area contributed by atoms with Crippen molar-refractivity contribution in [3.05, 3.63) is 114 Å². The third-order valence-corrected chi connectivity index (χ3v) is 8.43. The predicted molar refractivity (Wildman–Crippen MR) is 166 cm³/mol. The molecule has 2 atom stereocenters. The average molecular weight is 685 g/mol. The highest BCUT2D eigenvalue weighted by atomic mass is 19.4. The van der Waals surface area contributed by atoms with Crippen molar-refractivity contribution in [3.63, 3.8) is 0 Å². The zero-order valence-corrected chi connectivity index (χ0v) is 25.7. The highest BCUT2D eigenvalue weighted by Crippen LogP contribution is 2.46. The van der Waals surface area contributed by atoms with Gasteiger partial charge in [0.25, 0.3) is 0 Å². The van der Waals surface area contributed by atoms with Crippen molar-refractivity contribution in [2.75, 3.05) is 36.0 Å². The maximum atomic E-state index is 16.1. The van der Waals surface area contributed by atoms with Crippen LogP contribution in [0.1, 0.15) is 29.5 Å². The number of rotatable bonds is 10. The molecule has 10 nitrogen and oxygen atoms in total. The second-order valence-electron chi connectivity index (χ2n) is 11.7. The summed E-state index contributed by atoms with van der Waals surface area (Å²) in [7, 11) is 0. The van der Waals surface area contributed by atoms with Crippen molar-refractivity contribution in [2.45, 2.75) is 36.8 Å². The number of nitrogens with zero attached hydrogens (tertiary/aromatic N) is 8. The topological polar surface area (TPSA) is 116 Å². The summed E-state index contributed by atoms with van der Waals surface area (Å²) in [5.41, 5.74) is -1.25. The van der Waals surface area contributed by atoms with Crippen LogP contribution >= 0.6 is 0 Å². The minimum atomic E-state index is -4.51. The Labute approximate surface area is 276 Å². The van der Waals surface area contributed by atoms with Gasteiger partial charge in [-0.1, -0.05) is 30.3 Å². The third-order valence-electron chi connectivity index (χ3n) is 8.43. The molecule has 1 aliphatic rings. The van der Waals surface area contributed by atoms with E-state index in [1.807, 2.05) is 29.2 Å². The van der Waals surface area contributed by atoms with Crippen LogP contribution < -0.4 is 9.80 Å². The number of benzene rings is 2. The summed E-state index contributed by atoms with van der Waals surface area (Å²) in [6.07, 6.45) is -3.90. The summed E-state index contributed by atoms with van der Waals surface area (Å²) >= 11 is 0. The molecule has 0 aliphatic carbocycles. The average Bonchev–Trinajstić information content (AvgIpc) is 3.60. The maximum Gasteiger partial charge on any atom is 0.391 e. The van der Waals surface area contributed by atoms with E-state index in [-0.39, 0.29) is 11.3 Å². The van der Waals surface area contributed by atoms with Gasteiger partial charge in [-0.2, -0.15) is 22.0 Å². The Morgan fingerprint density at radius 2 is 1.49 bits per heavy atom. The molecule has 16 heteroatoms. The molecule has 256 valence electrons. The van der Waals surface area contributed by atoms with Gasteiger partial charge in [0.2, 0.25) is 0 Å². The molecular formula is C33H30F6N8O2. The minimum absolute atomic E-state index is 0.0364. The quantitative estimate of drug-likeness (QED) is 0.190. The molecule has 2 N–H and O–H groups in total. The van der Waals surface area contributed by atoms with Gasteiger partial charge in [0.1, 0.15) is 23.9 Å². The number of hydrogen-bond acceptors (Lipinski definition) is 9. The number of tetrazole rings is 1. The van der Waals surface area contributed by atoms with E-state index in [0.29, 0.717) is 43.0 Å². The molecule has 49 heavy (non-hydrogen) atoms. The normalized spacial score (nSPS) is 16.0. The zero-order valence-electron chi connectivity index (χ0n) is 25.7. The summed E-state index contributed by atoms with van der Waals surface area (Å²) < 4.78 is 85.3. The number of aromatic nitrogens is 6. The Morgan fingerprint density at radius 3 is 2.10 bits per heavy atom. The number of anilines is 2. The number of aliphatic hydroxyl groups is 2. The lowest BCUT2D eigenvalue weighted by molar-refractivity contribution is -0.206. The Balaban J connectivity index is 1.13. The van der Waals surface area contributed by atoms with Gasteiger partial charge in [-0.15, -0.1) is 5.10 Å². The Morgan fingerprint density at radius 1 is 0.796 bits per heavy atom. The molecule has 2 unspecified atom stereocenters. The van der Waals surface area contributed by atoms with Gasteiger partial charge in [-0.25, -0.2) is 9.07 Å². The molecule has 0 bridgehead atoms. The number of hydrogen-bond donors (Lipinski definition) is 2. The highest BCUT2D eigenvalue weighted by Gasteiger charge is 2.57. The molecule has 5 aromatic rings. The van der Waals surface area contributed by atoms with Crippen LogP contribution in [0.25, 0.3) is 11.1 Å². The van der Waals surface area contributed by atoms with Crippen LogP contribution in [0.5, 0.6) is 0 Å². The number of pyridine rings is 2. The summed E-state index contributed by atoms with van der Waals surface area (Å²) in [6.45, 7) is 1.62. The van der Waals surface area contributed by atoms with E-state index < -0.39 is 48.3 Å². The van der Waals surface area contributed by atoms with E-state index in [1.165, 1.54) is 36.7 Å². The first kappa shape index (κ1) is 33.8. The van der Waals surface area contributed by atoms with Gasteiger partial charge in [0.05, 0.1) is 18.7 Å². The van der Waals surface area contributed by atoms with Crippen LogP contribution in [0.2, 0.25) is 0 Å². The van der Waals surface area contributed by atoms with Crippen LogP contribution in [0.15, 0.2) is 91.5 Å². The first-order valence-electron chi connectivity index (χ1n) is 15.2. The smallest absolute Gasteiger partial charge is 0.386 e. The summed E-state index contributed by atoms with van der Waals surface area (Å²) in [5.74, 6) is -4.79. The monoisotopic (exact) mass is 684 g/mol. The van der Waals surface area contributed by atoms with E-state index >= 15 is 8.78 Å². The highest BCUT2D eigenvalue weighted by molar-refractivity contribution is 5.66. The minimum Gasteiger partial charge on any atom is -0.386 e. The zero-order chi connectivity index (χ0) is 34.8. The number of piperazine rings is 1. The first-order chi connectivity index (χ1) is 23.3. The standard InChI is InChI=1S/C33H30F6N8O2/c34-25-3-1-2-24(16-25)31(49,20-47-21-42-43-44-47)33(38,39)30-9-6-23(19-41-30)22-4-7-26(8-5-22)45-12-14-46(15-13-45)27-10-11-40-28(17-27)29(48)18-32(35,36)37/h1-11,16-17,19,21,29,48-49H,12-15,18,20H2. The van der Waals surface area contributed by atoms with Crippen molar-refractivity contribution in [1.82, 2.24) is 30.2 Å². The molecule has 1 aliphatic heterocycles. The van der Waals surface area contributed by atoms with Crippen molar-refractivity contribution in [3.8, 4) is 11.1 Å². The summed E-state index contributed by atoms with van der Waals surface area (Å²) in [6, 6.07) is 17.5. The van der Waals surface area contributed by atoms with Gasteiger partial charge < -0.3 is 20.0 Å². The molecule has 0 amide bonds. The van der Waals surface area contributed by atoms with Crippen LogP contribution in [-0.4, -0.2) is 72.7 Å². The Bertz CT molecular complexity index is 1850. The molecule has 1 saturated heterocycles. The summed E-state index contributed by atoms with van der Waals surface area (Å²) in [4.78, 5) is 12.1. The van der Waals surface area contributed by atoms with Crippen LogP contribution in [-0.2, 0) is 18.1 Å². The molecular weight excluding hydrogens is 654 g/mol. The van der Waals surface area contributed by atoms with E-state index in [1.54, 1.807) is 6.07 Å². The Hall–Kier alpha value is -5.09. The fraction of sp³-hybridized carbons (Fsp3) is 0.303. The van der Waals surface area contributed by atoms with E-state index in [2.05, 4.69) is 30.4 Å². The number of alkyl halides is 5. The fourth-order valence-corrected chi connectivity index (χ4v) is 5.79. The SMILES string of the molecule is OC(CC(F)(F)F)c1cc(N2CCN(c3ccc(-c4ccc(C(F)(F)C(O)(Cn5cnnn5)c5cccc(F)c5)nc4)cc3)CC2)ccn1. The van der Waals surface area contributed by atoms with E-state index in [9.17, 15) is 27.8 Å². The molecule has 4 heterocycles. The first-order valence-corrected chi connectivity index (χ1v) is 15.2. The van der Waals surface area contributed by atoms with Gasteiger partial charge in [-0.3, -0.25) is 9.97 Å². The lowest BCUT2D eigenvalue weighted by atomic mass is 9.85. The maximum absolute atomic E-state index is 16.1. The van der Waals surface area contributed by atoms with Gasteiger partial charge in [0, 0.05) is 55.5 Å². The van der Waals surface area contributed by atoms with Crippen molar-refractivity contribution in [2.24, 2.45) is 0 Å². The lowest BCUT2D eigenvalue weighted by Crippen LogP contribution is -2.47. The van der Waals surface area contributed by atoms with Crippen molar-refractivity contribution >= 4 is 11.4 Å². The van der Waals surface area contributed by atoms with Crippen LogP contribution in [0, 0.1) is 5.82 Å². The molecule has 0 radical (unpaired) electrons. The Kier molecular flexibility index (Phi) is 9.26. The van der Waals surface area contributed by atoms with E-state index in [0.717, 1.165) is 34.9 Å². The fourth-order valence-electron chi connectivity index (χ4n) is 5.79. The van der Waals surface area contributed by atoms with Gasteiger partial charge in [0.15, 0.2) is 5.60 Å². The molecule has 0 saturated carbocycles. The molecule has 6 rings (SSSR count). The summed E-state index contributed by atoms with van der Waals surface area (Å²) in [5, 5.41) is 31.8. The molecule has 1 fully saturated rings. The van der Waals surface area contributed by atoms with Gasteiger partial charge in [-0.05, 0) is 64.0 Å². The van der Waals surface area contributed by atoms with Crippen molar-refractivity contribution < 1.29 is 36.6 Å². The second kappa shape index (κ2) is 13.4. The lowest BCUT2D eigenvalue weighted by Gasteiger charge is -2.37. The second-order valence-corrected chi connectivity index (χ2v) is 11.7. The van der Waals surface area contributed by atoms with Crippen LogP contribution in [0.3, 0.4) is 0 Å². The number of halogens is 6. The van der Waals surface area contributed by atoms with Gasteiger partial charge >= 0.3 is 12.1 Å². The van der Waals surface area contributed by atoms with E-state index in [4.69, 9.17) is 0 Å². The third kappa shape index (κ3) is 7.34. The largest absolute Gasteiger partial charge is 0.391 e. The predicted octanol–water partition coefficient (Wildman–Crippen LogP) is 5.26. The number of aliphatic hydroxyl groups excluding tert-OH is 1. The molecule has 2 aromatic carbocycles. The van der Waals surface area contributed by atoms with Crippen molar-refractivity contribution in [1.29, 1.82) is 0 Å².